The van der Waals surface area contributed by atoms with Gasteiger partial charge in [-0.25, -0.2) is 4.98 Å². The van der Waals surface area contributed by atoms with Gasteiger partial charge >= 0.3 is 0 Å². The molecule has 0 unspecified atom stereocenters. The maximum absolute atomic E-state index is 4.58. The van der Waals surface area contributed by atoms with Crippen LogP contribution in [-0.4, -0.2) is 25.1 Å². The highest BCUT2D eigenvalue weighted by atomic mass is 32.1. The van der Waals surface area contributed by atoms with Gasteiger partial charge in [-0.3, -0.25) is 10.1 Å². The van der Waals surface area contributed by atoms with Crippen molar-refractivity contribution < 1.29 is 0 Å². The number of nitrogens with one attached hydrogen (secondary N) is 2. The van der Waals surface area contributed by atoms with Crippen LogP contribution in [0.5, 0.6) is 0 Å². The largest absolute Gasteiger partial charge is 0.353 e. The molecule has 0 saturated heterocycles. The molecular formula is C25H19N5S. The minimum Gasteiger partial charge on any atom is -0.353 e. The van der Waals surface area contributed by atoms with Gasteiger partial charge in [-0.1, -0.05) is 12.1 Å². The van der Waals surface area contributed by atoms with Crippen molar-refractivity contribution in [2.45, 2.75) is 13.8 Å². The molecule has 5 aromatic heterocycles. The second-order valence-corrected chi connectivity index (χ2v) is 9.06. The average Bonchev–Trinajstić information content (AvgIpc) is 3.50. The topological polar surface area (TPSA) is 70.2 Å². The van der Waals surface area contributed by atoms with Gasteiger partial charge in [-0.05, 0) is 61.9 Å². The monoisotopic (exact) mass is 421 g/mol. The van der Waals surface area contributed by atoms with Crippen molar-refractivity contribution in [1.29, 1.82) is 0 Å². The number of thiophene rings is 1. The van der Waals surface area contributed by atoms with Gasteiger partial charge in [-0.15, -0.1) is 11.3 Å². The summed E-state index contributed by atoms with van der Waals surface area (Å²) in [5.41, 5.74) is 7.99. The van der Waals surface area contributed by atoms with Crippen molar-refractivity contribution in [1.82, 2.24) is 25.1 Å². The van der Waals surface area contributed by atoms with E-state index in [1.165, 1.54) is 26.3 Å². The molecule has 31 heavy (non-hydrogen) atoms. The Balaban J connectivity index is 1.51. The van der Waals surface area contributed by atoms with Crippen molar-refractivity contribution in [2.24, 2.45) is 0 Å². The first kappa shape index (κ1) is 18.0. The van der Waals surface area contributed by atoms with Gasteiger partial charge in [0.2, 0.25) is 0 Å². The number of nitrogens with zero attached hydrogens (tertiary/aromatic N) is 3. The van der Waals surface area contributed by atoms with Crippen molar-refractivity contribution in [3.8, 4) is 33.1 Å². The third kappa shape index (κ3) is 3.04. The normalized spacial score (nSPS) is 11.5. The number of hydrogen-bond acceptors (Lipinski definition) is 4. The van der Waals surface area contributed by atoms with Crippen molar-refractivity contribution in [3.63, 3.8) is 0 Å². The molecule has 0 aliphatic carbocycles. The molecule has 0 spiro atoms. The first-order valence-electron chi connectivity index (χ1n) is 10.1. The molecule has 6 rings (SSSR count). The van der Waals surface area contributed by atoms with E-state index in [0.29, 0.717) is 0 Å². The van der Waals surface area contributed by atoms with Crippen LogP contribution in [0, 0.1) is 13.8 Å². The zero-order valence-corrected chi connectivity index (χ0v) is 17.9. The van der Waals surface area contributed by atoms with Crippen LogP contribution in [0.1, 0.15) is 10.4 Å². The molecule has 0 saturated carbocycles. The van der Waals surface area contributed by atoms with E-state index in [4.69, 9.17) is 0 Å². The number of aromatic amines is 2. The maximum atomic E-state index is 4.58. The number of H-pyrrole nitrogens is 2. The van der Waals surface area contributed by atoms with E-state index < -0.39 is 0 Å². The summed E-state index contributed by atoms with van der Waals surface area (Å²) in [6, 6.07) is 19.1. The number of hydrogen-bond donors (Lipinski definition) is 2. The summed E-state index contributed by atoms with van der Waals surface area (Å²) in [5.74, 6) is 0. The lowest BCUT2D eigenvalue weighted by molar-refractivity contribution is 1.10. The summed E-state index contributed by atoms with van der Waals surface area (Å²) in [7, 11) is 0. The van der Waals surface area contributed by atoms with Gasteiger partial charge in [0.25, 0.3) is 0 Å². The molecule has 1 aromatic carbocycles. The average molecular weight is 422 g/mol. The van der Waals surface area contributed by atoms with Gasteiger partial charge < -0.3 is 4.98 Å². The molecule has 0 atom stereocenters. The van der Waals surface area contributed by atoms with Crippen LogP contribution in [-0.2, 0) is 0 Å². The first-order chi connectivity index (χ1) is 15.2. The lowest BCUT2D eigenvalue weighted by atomic mass is 10.1. The smallest absolute Gasteiger partial charge is 0.155 e. The molecule has 6 aromatic rings. The summed E-state index contributed by atoms with van der Waals surface area (Å²) in [6.45, 7) is 4.21. The van der Waals surface area contributed by atoms with E-state index in [1.807, 2.05) is 29.8 Å². The molecule has 2 N–H and O–H groups in total. The zero-order valence-electron chi connectivity index (χ0n) is 17.1. The quantitative estimate of drug-likeness (QED) is 0.342. The van der Waals surface area contributed by atoms with Gasteiger partial charge in [-0.2, -0.15) is 5.10 Å². The summed E-state index contributed by atoms with van der Waals surface area (Å²) in [6.07, 6.45) is 3.67. The number of benzene rings is 1. The minimum absolute atomic E-state index is 0.763. The van der Waals surface area contributed by atoms with E-state index in [9.17, 15) is 0 Å². The van der Waals surface area contributed by atoms with E-state index in [0.717, 1.165) is 39.2 Å². The summed E-state index contributed by atoms with van der Waals surface area (Å²) in [4.78, 5) is 15.2. The second kappa shape index (κ2) is 6.89. The standard InChI is InChI=1S/C25H19N5S/c1-14-8-9-26-21(10-14)16-11-19-24(29-30-25(19)27-13-16)22-12-18-17(4-3-5-20(18)28-22)23-7-6-15(2)31-23/h3-13,28H,1-2H3,(H,27,29,30). The Hall–Kier alpha value is -3.77. The molecule has 0 fully saturated rings. The number of aromatic nitrogens is 5. The molecule has 5 heterocycles. The number of rotatable bonds is 3. The highest BCUT2D eigenvalue weighted by molar-refractivity contribution is 7.15. The zero-order chi connectivity index (χ0) is 20.9. The third-order valence-electron chi connectivity index (χ3n) is 5.55. The SMILES string of the molecule is Cc1ccnc(-c2cnc3[nH]nc(-c4cc5c(-c6ccc(C)s6)cccc5[nH]4)c3c2)c1. The Morgan fingerprint density at radius 1 is 0.903 bits per heavy atom. The van der Waals surface area contributed by atoms with Crippen LogP contribution in [0.25, 0.3) is 55.0 Å². The van der Waals surface area contributed by atoms with Crippen LogP contribution < -0.4 is 0 Å². The number of aryl methyl sites for hydroxylation is 2. The minimum atomic E-state index is 0.763. The Bertz CT molecular complexity index is 1570. The van der Waals surface area contributed by atoms with Gasteiger partial charge in [0, 0.05) is 49.6 Å². The van der Waals surface area contributed by atoms with E-state index in [2.05, 4.69) is 87.5 Å². The third-order valence-corrected chi connectivity index (χ3v) is 6.59. The lowest BCUT2D eigenvalue weighted by Gasteiger charge is -2.02. The fraction of sp³-hybridized carbons (Fsp3) is 0.0800. The molecule has 0 radical (unpaired) electrons. The van der Waals surface area contributed by atoms with Crippen LogP contribution in [0.3, 0.4) is 0 Å². The van der Waals surface area contributed by atoms with Crippen molar-refractivity contribution in [3.05, 3.63) is 77.4 Å². The van der Waals surface area contributed by atoms with Crippen LogP contribution in [0.2, 0.25) is 0 Å². The van der Waals surface area contributed by atoms with E-state index >= 15 is 0 Å². The summed E-state index contributed by atoms with van der Waals surface area (Å²) in [5, 5.41) is 9.82. The Labute approximate surface area is 182 Å². The molecule has 0 aliphatic heterocycles. The van der Waals surface area contributed by atoms with Crippen molar-refractivity contribution >= 4 is 33.3 Å². The maximum Gasteiger partial charge on any atom is 0.155 e. The Morgan fingerprint density at radius 2 is 1.84 bits per heavy atom. The predicted octanol–water partition coefficient (Wildman–Crippen LogP) is 6.51. The molecule has 0 amide bonds. The van der Waals surface area contributed by atoms with Crippen molar-refractivity contribution in [2.75, 3.05) is 0 Å². The lowest BCUT2D eigenvalue weighted by Crippen LogP contribution is -1.86. The van der Waals surface area contributed by atoms with E-state index in [-0.39, 0.29) is 0 Å². The molecule has 0 aliphatic rings. The van der Waals surface area contributed by atoms with E-state index in [1.54, 1.807) is 0 Å². The fourth-order valence-corrected chi connectivity index (χ4v) is 4.93. The van der Waals surface area contributed by atoms with Gasteiger partial charge in [0.1, 0.15) is 5.69 Å². The molecule has 0 bridgehead atoms. The van der Waals surface area contributed by atoms with Crippen LogP contribution in [0.15, 0.2) is 67.0 Å². The summed E-state index contributed by atoms with van der Waals surface area (Å²) >= 11 is 1.81. The fourth-order valence-electron chi connectivity index (χ4n) is 4.02. The highest BCUT2D eigenvalue weighted by Crippen LogP contribution is 2.36. The highest BCUT2D eigenvalue weighted by Gasteiger charge is 2.15. The number of pyridine rings is 2. The Kier molecular flexibility index (Phi) is 4.01. The molecule has 6 heteroatoms. The molecule has 150 valence electrons. The molecular weight excluding hydrogens is 402 g/mol. The predicted molar refractivity (Wildman–Crippen MR) is 127 cm³/mol. The first-order valence-corrected chi connectivity index (χ1v) is 10.9. The Morgan fingerprint density at radius 3 is 2.68 bits per heavy atom. The number of fused-ring (bicyclic) bond motifs is 2. The van der Waals surface area contributed by atoms with Crippen LogP contribution in [0.4, 0.5) is 0 Å². The van der Waals surface area contributed by atoms with Gasteiger partial charge in [0.15, 0.2) is 5.65 Å². The van der Waals surface area contributed by atoms with Crippen LogP contribution >= 0.6 is 11.3 Å². The summed E-state index contributed by atoms with van der Waals surface area (Å²) < 4.78 is 0. The molecule has 5 nitrogen and oxygen atoms in total. The van der Waals surface area contributed by atoms with Gasteiger partial charge in [0.05, 0.1) is 11.4 Å². The second-order valence-electron chi connectivity index (χ2n) is 7.77.